The molecule has 0 saturated carbocycles. The summed E-state index contributed by atoms with van der Waals surface area (Å²) < 4.78 is 166. The van der Waals surface area contributed by atoms with Crippen LogP contribution in [0.2, 0.25) is 0 Å². The molecule has 0 fully saturated rings. The summed E-state index contributed by atoms with van der Waals surface area (Å²) in [5.74, 6) is -33.1. The number of allylic oxidation sites excluding steroid dienone is 2. The van der Waals surface area contributed by atoms with Gasteiger partial charge in [-0.1, -0.05) is 6.08 Å². The van der Waals surface area contributed by atoms with Crippen LogP contribution < -0.4 is 0 Å². The standard InChI is InChI=1S/C10H5F13/c11-5(12)3-1-2-4(6(5,13)14)7(15,16)8(17,18)9(19,20)10(21,22)23/h2H,1,3H2. The Morgan fingerprint density at radius 1 is 0.739 bits per heavy atom. The molecule has 0 N–H and O–H groups in total. The molecule has 0 spiro atoms. The van der Waals surface area contributed by atoms with Gasteiger partial charge in [0, 0.05) is 6.42 Å². The Labute approximate surface area is 118 Å². The van der Waals surface area contributed by atoms with Crippen molar-refractivity contribution in [3.63, 3.8) is 0 Å². The summed E-state index contributed by atoms with van der Waals surface area (Å²) in [6.45, 7) is 0. The van der Waals surface area contributed by atoms with Gasteiger partial charge in [0.15, 0.2) is 0 Å². The van der Waals surface area contributed by atoms with Crippen LogP contribution in [0.15, 0.2) is 11.6 Å². The average molecular weight is 372 g/mol. The normalized spacial score (nSPS) is 22.7. The summed E-state index contributed by atoms with van der Waals surface area (Å²) in [6.07, 6.45) is -10.9. The smallest absolute Gasteiger partial charge is 0.199 e. The molecule has 0 saturated heterocycles. The average Bonchev–Trinajstić information content (AvgIpc) is 2.30. The molecule has 23 heavy (non-hydrogen) atoms. The zero-order valence-corrected chi connectivity index (χ0v) is 10.4. The minimum atomic E-state index is -7.44. The third kappa shape index (κ3) is 2.55. The predicted molar refractivity (Wildman–Crippen MR) is 48.1 cm³/mol. The Morgan fingerprint density at radius 2 is 1.17 bits per heavy atom. The first-order valence-corrected chi connectivity index (χ1v) is 5.51. The van der Waals surface area contributed by atoms with Gasteiger partial charge < -0.3 is 0 Å². The Bertz CT molecular complexity index is 495. The summed E-state index contributed by atoms with van der Waals surface area (Å²) in [5.41, 5.74) is -3.48. The molecule has 0 aromatic rings. The maximum Gasteiger partial charge on any atom is 0.460 e. The van der Waals surface area contributed by atoms with Crippen molar-refractivity contribution in [1.82, 2.24) is 0 Å². The molecular formula is C10H5F13. The van der Waals surface area contributed by atoms with E-state index < -0.39 is 60.3 Å². The second-order valence-electron chi connectivity index (χ2n) is 4.66. The molecule has 13 heteroatoms. The number of hydrogen-bond acceptors (Lipinski definition) is 0. The van der Waals surface area contributed by atoms with E-state index in [1.807, 2.05) is 0 Å². The van der Waals surface area contributed by atoms with Crippen LogP contribution in [0.4, 0.5) is 57.1 Å². The zero-order chi connectivity index (χ0) is 18.7. The second kappa shape index (κ2) is 4.91. The minimum absolute atomic E-state index is 0.586. The first-order valence-electron chi connectivity index (χ1n) is 5.51. The van der Waals surface area contributed by atoms with E-state index in [-0.39, 0.29) is 0 Å². The quantitative estimate of drug-likeness (QED) is 0.457. The molecule has 0 aromatic carbocycles. The van der Waals surface area contributed by atoms with Crippen LogP contribution in [-0.2, 0) is 0 Å². The number of alkyl halides is 13. The van der Waals surface area contributed by atoms with Crippen molar-refractivity contribution in [2.24, 2.45) is 0 Å². The van der Waals surface area contributed by atoms with Crippen LogP contribution in [0.5, 0.6) is 0 Å². The van der Waals surface area contributed by atoms with Gasteiger partial charge in [-0.05, 0) is 6.42 Å². The molecule has 0 radical (unpaired) electrons. The van der Waals surface area contributed by atoms with E-state index in [1.54, 1.807) is 0 Å². The first kappa shape index (κ1) is 19.9. The maximum atomic E-state index is 13.3. The highest BCUT2D eigenvalue weighted by molar-refractivity contribution is 5.32. The molecule has 0 aromatic heterocycles. The molecule has 0 atom stereocenters. The van der Waals surface area contributed by atoms with Crippen LogP contribution in [0.3, 0.4) is 0 Å². The van der Waals surface area contributed by atoms with Crippen molar-refractivity contribution in [2.75, 3.05) is 0 Å². The van der Waals surface area contributed by atoms with Gasteiger partial charge in [-0.25, -0.2) is 0 Å². The summed E-state index contributed by atoms with van der Waals surface area (Å²) >= 11 is 0. The number of hydrogen-bond donors (Lipinski definition) is 0. The van der Waals surface area contributed by atoms with Crippen LogP contribution >= 0.6 is 0 Å². The van der Waals surface area contributed by atoms with Crippen LogP contribution in [0.25, 0.3) is 0 Å². The lowest BCUT2D eigenvalue weighted by molar-refractivity contribution is -0.393. The SMILES string of the molecule is FC(F)(F)C(F)(F)C(F)(F)C(F)(F)C1=CCCC(F)(F)C1(F)F. The van der Waals surface area contributed by atoms with Crippen molar-refractivity contribution in [2.45, 2.75) is 48.6 Å². The summed E-state index contributed by atoms with van der Waals surface area (Å²) in [4.78, 5) is 0. The zero-order valence-electron chi connectivity index (χ0n) is 10.4. The van der Waals surface area contributed by atoms with Gasteiger partial charge in [0.1, 0.15) is 0 Å². The molecule has 1 aliphatic carbocycles. The lowest BCUT2D eigenvalue weighted by Crippen LogP contribution is -2.64. The van der Waals surface area contributed by atoms with Gasteiger partial charge in [0.2, 0.25) is 0 Å². The Kier molecular flexibility index (Phi) is 4.25. The molecule has 0 nitrogen and oxygen atoms in total. The highest BCUT2D eigenvalue weighted by Gasteiger charge is 2.85. The Hall–Kier alpha value is -1.17. The lowest BCUT2D eigenvalue weighted by atomic mass is 9.84. The molecule has 0 amide bonds. The summed E-state index contributed by atoms with van der Waals surface area (Å²) in [5, 5.41) is 0. The van der Waals surface area contributed by atoms with Crippen LogP contribution in [0, 0.1) is 0 Å². The maximum absolute atomic E-state index is 13.3. The number of rotatable bonds is 3. The van der Waals surface area contributed by atoms with Gasteiger partial charge in [0.25, 0.3) is 0 Å². The number of halogens is 13. The summed E-state index contributed by atoms with van der Waals surface area (Å²) in [6, 6.07) is 0. The lowest BCUT2D eigenvalue weighted by Gasteiger charge is -2.40. The van der Waals surface area contributed by atoms with Gasteiger partial charge in [0.05, 0.1) is 5.57 Å². The monoisotopic (exact) mass is 372 g/mol. The molecule has 0 aliphatic heterocycles. The molecule has 136 valence electrons. The second-order valence-corrected chi connectivity index (χ2v) is 4.66. The Morgan fingerprint density at radius 3 is 1.57 bits per heavy atom. The predicted octanol–water partition coefficient (Wildman–Crippen LogP) is 5.45. The van der Waals surface area contributed by atoms with Crippen LogP contribution in [-0.4, -0.2) is 35.8 Å². The van der Waals surface area contributed by atoms with E-state index in [4.69, 9.17) is 0 Å². The molecule has 1 aliphatic rings. The van der Waals surface area contributed by atoms with Crippen molar-refractivity contribution < 1.29 is 57.1 Å². The fourth-order valence-electron chi connectivity index (χ4n) is 1.75. The van der Waals surface area contributed by atoms with E-state index in [0.717, 1.165) is 0 Å². The van der Waals surface area contributed by atoms with Gasteiger partial charge in [-0.15, -0.1) is 0 Å². The molecule has 0 unspecified atom stereocenters. The van der Waals surface area contributed by atoms with Crippen molar-refractivity contribution >= 4 is 0 Å². The van der Waals surface area contributed by atoms with Crippen molar-refractivity contribution in [3.8, 4) is 0 Å². The van der Waals surface area contributed by atoms with Crippen molar-refractivity contribution in [1.29, 1.82) is 0 Å². The van der Waals surface area contributed by atoms with Crippen LogP contribution in [0.1, 0.15) is 12.8 Å². The van der Waals surface area contributed by atoms with E-state index in [0.29, 0.717) is 0 Å². The van der Waals surface area contributed by atoms with E-state index in [2.05, 4.69) is 0 Å². The van der Waals surface area contributed by atoms with Gasteiger partial charge >= 0.3 is 35.8 Å². The van der Waals surface area contributed by atoms with E-state index >= 15 is 0 Å². The third-order valence-electron chi connectivity index (χ3n) is 3.09. The molecular weight excluding hydrogens is 367 g/mol. The van der Waals surface area contributed by atoms with Crippen molar-refractivity contribution in [3.05, 3.63) is 11.6 Å². The fourth-order valence-corrected chi connectivity index (χ4v) is 1.75. The topological polar surface area (TPSA) is 0 Å². The van der Waals surface area contributed by atoms with E-state index in [1.165, 1.54) is 0 Å². The fraction of sp³-hybridized carbons (Fsp3) is 0.800. The largest absolute Gasteiger partial charge is 0.460 e. The molecule has 0 bridgehead atoms. The molecule has 0 heterocycles. The summed E-state index contributed by atoms with van der Waals surface area (Å²) in [7, 11) is 0. The Balaban J connectivity index is 3.49. The van der Waals surface area contributed by atoms with E-state index in [9.17, 15) is 57.1 Å². The highest BCUT2D eigenvalue weighted by atomic mass is 19.4. The third-order valence-corrected chi connectivity index (χ3v) is 3.09. The first-order chi connectivity index (χ1) is 9.84. The van der Waals surface area contributed by atoms with Gasteiger partial charge in [-0.2, -0.15) is 57.1 Å². The molecule has 1 rings (SSSR count). The van der Waals surface area contributed by atoms with Gasteiger partial charge in [-0.3, -0.25) is 0 Å². The highest BCUT2D eigenvalue weighted by Crippen LogP contribution is 2.60. The minimum Gasteiger partial charge on any atom is -0.199 e.